The van der Waals surface area contributed by atoms with E-state index in [9.17, 15) is 4.79 Å². The van der Waals surface area contributed by atoms with Crippen LogP contribution in [0.25, 0.3) is 0 Å². The lowest BCUT2D eigenvalue weighted by Crippen LogP contribution is -2.26. The highest BCUT2D eigenvalue weighted by Crippen LogP contribution is 2.22. The van der Waals surface area contributed by atoms with Crippen LogP contribution in [0.3, 0.4) is 0 Å². The van der Waals surface area contributed by atoms with Crippen LogP contribution in [0.4, 0.5) is 10.5 Å². The number of unbranched alkanes of at least 4 members (excludes halogenated alkanes) is 2. The smallest absolute Gasteiger partial charge is 0.410 e. The van der Waals surface area contributed by atoms with Crippen LogP contribution in [-0.4, -0.2) is 31.2 Å². The molecule has 5 heteroatoms. The van der Waals surface area contributed by atoms with Gasteiger partial charge in [-0.2, -0.15) is 0 Å². The molecule has 0 aromatic heterocycles. The van der Waals surface area contributed by atoms with Crippen LogP contribution in [0.1, 0.15) is 39.5 Å². The summed E-state index contributed by atoms with van der Waals surface area (Å²) in [5, 5.41) is 2.46. The molecule has 0 bridgehead atoms. The minimum absolute atomic E-state index is 0.434. The first kappa shape index (κ1) is 21.0. The second-order valence-electron chi connectivity index (χ2n) is 4.83. The van der Waals surface area contributed by atoms with Gasteiger partial charge in [0.1, 0.15) is 5.75 Å². The first-order valence-corrected chi connectivity index (χ1v) is 9.99. The third-order valence-electron chi connectivity index (χ3n) is 3.16. The first-order chi connectivity index (χ1) is 10.7. The van der Waals surface area contributed by atoms with Gasteiger partial charge in [-0.15, -0.1) is 0 Å². The molecule has 126 valence electrons. The number of carbonyl (C=O) groups is 1. The Morgan fingerprint density at radius 3 is 2.27 bits per heavy atom. The highest BCUT2D eigenvalue weighted by Gasteiger charge is 2.08. The van der Waals surface area contributed by atoms with Gasteiger partial charge < -0.3 is 15.0 Å². The van der Waals surface area contributed by atoms with Gasteiger partial charge in [0.05, 0.1) is 0 Å². The predicted molar refractivity (Wildman–Crippen MR) is 103 cm³/mol. The van der Waals surface area contributed by atoms with E-state index in [0.29, 0.717) is 5.75 Å². The number of rotatable bonds is 8. The van der Waals surface area contributed by atoms with Crippen molar-refractivity contribution in [3.8, 4) is 5.75 Å². The summed E-state index contributed by atoms with van der Waals surface area (Å²) in [5.41, 5.74) is 1.12. The van der Waals surface area contributed by atoms with Gasteiger partial charge in [0.15, 0.2) is 0 Å². The van der Waals surface area contributed by atoms with Crippen LogP contribution in [0.5, 0.6) is 5.75 Å². The maximum absolute atomic E-state index is 11.3. The highest BCUT2D eigenvalue weighted by molar-refractivity contribution is 14.1. The highest BCUT2D eigenvalue weighted by atomic mass is 127. The number of nitrogens with zero attached hydrogens (tertiary/aromatic N) is 1. The van der Waals surface area contributed by atoms with Crippen molar-refractivity contribution < 1.29 is 9.53 Å². The SMILES string of the molecule is CCCCN(CCCC)c1cccc(OC(=O)NC)c1.CI. The molecule has 1 amide bonds. The minimum atomic E-state index is -0.434. The molecule has 0 radical (unpaired) electrons. The number of alkyl halides is 1. The van der Waals surface area contributed by atoms with Crippen LogP contribution in [0.2, 0.25) is 0 Å². The molecule has 4 nitrogen and oxygen atoms in total. The molecule has 0 aliphatic rings. The van der Waals surface area contributed by atoms with Gasteiger partial charge in [0.25, 0.3) is 0 Å². The number of ether oxygens (including phenoxy) is 1. The molecule has 1 rings (SSSR count). The number of nitrogens with one attached hydrogen (secondary N) is 1. The van der Waals surface area contributed by atoms with Crippen molar-refractivity contribution in [2.45, 2.75) is 39.5 Å². The molecule has 0 unspecified atom stereocenters. The number of hydrogen-bond donors (Lipinski definition) is 1. The normalized spacial score (nSPS) is 9.50. The first-order valence-electron chi connectivity index (χ1n) is 7.83. The Labute approximate surface area is 148 Å². The van der Waals surface area contributed by atoms with Crippen LogP contribution in [0, 0.1) is 0 Å². The number of benzene rings is 1. The van der Waals surface area contributed by atoms with Crippen molar-refractivity contribution in [2.24, 2.45) is 0 Å². The maximum atomic E-state index is 11.3. The Morgan fingerprint density at radius 1 is 1.18 bits per heavy atom. The minimum Gasteiger partial charge on any atom is -0.410 e. The van der Waals surface area contributed by atoms with Crippen molar-refractivity contribution >= 4 is 34.4 Å². The summed E-state index contributed by atoms with van der Waals surface area (Å²) < 4.78 is 5.19. The van der Waals surface area contributed by atoms with Crippen molar-refractivity contribution in [1.29, 1.82) is 0 Å². The van der Waals surface area contributed by atoms with Gasteiger partial charge in [0, 0.05) is 31.9 Å². The Kier molecular flexibility index (Phi) is 13.1. The van der Waals surface area contributed by atoms with Crippen molar-refractivity contribution in [1.82, 2.24) is 5.32 Å². The Hall–Kier alpha value is -0.980. The van der Waals surface area contributed by atoms with Gasteiger partial charge in [-0.1, -0.05) is 55.3 Å². The molecule has 0 saturated carbocycles. The summed E-state index contributed by atoms with van der Waals surface area (Å²) in [7, 11) is 1.56. The fraction of sp³-hybridized carbons (Fsp3) is 0.588. The van der Waals surface area contributed by atoms with Gasteiger partial charge >= 0.3 is 6.09 Å². The Morgan fingerprint density at radius 2 is 1.77 bits per heavy atom. The van der Waals surface area contributed by atoms with Gasteiger partial charge in [-0.3, -0.25) is 0 Å². The summed E-state index contributed by atoms with van der Waals surface area (Å²) in [4.78, 5) is 15.6. The molecule has 1 N–H and O–H groups in total. The molecule has 1 aromatic carbocycles. The lowest BCUT2D eigenvalue weighted by Gasteiger charge is -2.25. The number of hydrogen-bond acceptors (Lipinski definition) is 3. The van der Waals surface area contributed by atoms with Gasteiger partial charge in [0.2, 0.25) is 0 Å². The Bertz CT molecular complexity index is 405. The van der Waals surface area contributed by atoms with Crippen molar-refractivity contribution in [3.05, 3.63) is 24.3 Å². The molecular formula is C17H29IN2O2. The quantitative estimate of drug-likeness (QED) is 0.482. The summed E-state index contributed by atoms with van der Waals surface area (Å²) >= 11 is 2.15. The van der Waals surface area contributed by atoms with Crippen LogP contribution in [0.15, 0.2) is 24.3 Å². The molecular weight excluding hydrogens is 391 g/mol. The molecule has 0 saturated heterocycles. The molecule has 0 heterocycles. The number of halogens is 1. The molecule has 0 atom stereocenters. The lowest BCUT2D eigenvalue weighted by atomic mass is 10.2. The van der Waals surface area contributed by atoms with Crippen LogP contribution in [-0.2, 0) is 0 Å². The molecule has 0 spiro atoms. The standard InChI is InChI=1S/C16H26N2O2.CH3I/c1-4-6-11-18(12-7-5-2)14-9-8-10-15(13-14)20-16(19)17-3;1-2/h8-10,13H,4-7,11-12H2,1-3H3,(H,17,19);1H3. The van der Waals surface area contributed by atoms with Crippen molar-refractivity contribution in [2.75, 3.05) is 30.0 Å². The van der Waals surface area contributed by atoms with E-state index in [1.165, 1.54) is 25.7 Å². The topological polar surface area (TPSA) is 41.6 Å². The monoisotopic (exact) mass is 420 g/mol. The van der Waals surface area contributed by atoms with E-state index in [1.54, 1.807) is 13.1 Å². The zero-order valence-corrected chi connectivity index (χ0v) is 16.4. The van der Waals surface area contributed by atoms with E-state index in [0.717, 1.165) is 18.8 Å². The molecule has 0 aliphatic carbocycles. The second kappa shape index (κ2) is 13.7. The second-order valence-corrected chi connectivity index (χ2v) is 4.83. The molecule has 22 heavy (non-hydrogen) atoms. The summed E-state index contributed by atoms with van der Waals surface area (Å²) in [6.45, 7) is 6.48. The summed E-state index contributed by atoms with van der Waals surface area (Å²) in [6, 6.07) is 7.73. The zero-order valence-electron chi connectivity index (χ0n) is 14.2. The third kappa shape index (κ3) is 8.46. The Balaban J connectivity index is 0.00000211. The average Bonchev–Trinajstić information content (AvgIpc) is 2.57. The number of anilines is 1. The summed E-state index contributed by atoms with van der Waals surface area (Å²) in [5.74, 6) is 0.583. The van der Waals surface area contributed by atoms with Crippen LogP contribution >= 0.6 is 22.6 Å². The molecule has 1 aromatic rings. The molecule has 0 aliphatic heterocycles. The van der Waals surface area contributed by atoms with Crippen LogP contribution < -0.4 is 15.0 Å². The van der Waals surface area contributed by atoms with E-state index in [4.69, 9.17) is 4.74 Å². The van der Waals surface area contributed by atoms with Gasteiger partial charge in [-0.25, -0.2) is 4.79 Å². The largest absolute Gasteiger partial charge is 0.412 e. The van der Waals surface area contributed by atoms with E-state index in [2.05, 4.69) is 52.7 Å². The maximum Gasteiger partial charge on any atom is 0.412 e. The predicted octanol–water partition coefficient (Wildman–Crippen LogP) is 4.86. The number of amides is 1. The third-order valence-corrected chi connectivity index (χ3v) is 3.16. The zero-order chi connectivity index (χ0) is 16.8. The number of carbonyl (C=O) groups excluding carboxylic acids is 1. The van der Waals surface area contributed by atoms with E-state index < -0.39 is 6.09 Å². The molecule has 0 fully saturated rings. The van der Waals surface area contributed by atoms with E-state index in [1.807, 2.05) is 17.1 Å². The lowest BCUT2D eigenvalue weighted by molar-refractivity contribution is 0.203. The fourth-order valence-corrected chi connectivity index (χ4v) is 1.97. The van der Waals surface area contributed by atoms with Gasteiger partial charge in [-0.05, 0) is 29.9 Å². The summed E-state index contributed by atoms with van der Waals surface area (Å²) in [6.07, 6.45) is 4.26. The van der Waals surface area contributed by atoms with Crippen molar-refractivity contribution in [3.63, 3.8) is 0 Å². The van der Waals surface area contributed by atoms with E-state index >= 15 is 0 Å². The fourth-order valence-electron chi connectivity index (χ4n) is 1.97. The van der Waals surface area contributed by atoms with E-state index in [-0.39, 0.29) is 0 Å². The average molecular weight is 420 g/mol.